The van der Waals surface area contributed by atoms with Crippen molar-refractivity contribution in [2.75, 3.05) is 13.7 Å². The van der Waals surface area contributed by atoms with E-state index in [0.717, 1.165) is 5.56 Å². The van der Waals surface area contributed by atoms with E-state index < -0.39 is 11.8 Å². The first-order valence-corrected chi connectivity index (χ1v) is 9.29. The topological polar surface area (TPSA) is 85.9 Å². The highest BCUT2D eigenvalue weighted by molar-refractivity contribution is 5.98. The molecule has 0 heterocycles. The molecular weight excluding hydrogens is 372 g/mol. The van der Waals surface area contributed by atoms with E-state index in [0.29, 0.717) is 29.4 Å². The summed E-state index contributed by atoms with van der Waals surface area (Å²) in [6, 6.07) is 12.2. The molecule has 2 N–H and O–H groups in total. The molecule has 0 saturated carbocycles. The number of carbonyl (C=O) groups is 2. The van der Waals surface area contributed by atoms with E-state index in [-0.39, 0.29) is 6.10 Å². The van der Waals surface area contributed by atoms with Crippen molar-refractivity contribution in [1.29, 1.82) is 0 Å². The van der Waals surface area contributed by atoms with Crippen LogP contribution in [0.15, 0.2) is 48.5 Å². The van der Waals surface area contributed by atoms with Gasteiger partial charge in [-0.3, -0.25) is 20.4 Å². The summed E-state index contributed by atoms with van der Waals surface area (Å²) in [7, 11) is 1.50. The first-order valence-electron chi connectivity index (χ1n) is 9.29. The molecule has 0 aliphatic heterocycles. The minimum atomic E-state index is -0.476. The van der Waals surface area contributed by atoms with Crippen molar-refractivity contribution in [2.24, 2.45) is 0 Å². The standard InChI is InChI=1S/C22H26N2O5/c1-5-28-18-9-7-6-8-16(18)11-13-21(25)23-24-22(26)17-10-12-19(29-15(2)3)20(14-17)27-4/h6-15H,5H2,1-4H3,(H,23,25)(H,24,26)/b13-11+. The molecule has 2 amide bonds. The van der Waals surface area contributed by atoms with Gasteiger partial charge in [-0.2, -0.15) is 0 Å². The van der Waals surface area contributed by atoms with Crippen LogP contribution in [0.2, 0.25) is 0 Å². The Morgan fingerprint density at radius 3 is 2.48 bits per heavy atom. The largest absolute Gasteiger partial charge is 0.493 e. The lowest BCUT2D eigenvalue weighted by Gasteiger charge is -2.14. The van der Waals surface area contributed by atoms with Crippen LogP contribution < -0.4 is 25.1 Å². The molecule has 0 saturated heterocycles. The zero-order valence-electron chi connectivity index (χ0n) is 17.0. The van der Waals surface area contributed by atoms with Gasteiger partial charge >= 0.3 is 0 Å². The van der Waals surface area contributed by atoms with Gasteiger partial charge in [0.05, 0.1) is 19.8 Å². The SMILES string of the molecule is CCOc1ccccc1/C=C/C(=O)NNC(=O)c1ccc(OC(C)C)c(OC)c1. The Morgan fingerprint density at radius 1 is 1.03 bits per heavy atom. The van der Waals surface area contributed by atoms with Crippen molar-refractivity contribution in [2.45, 2.75) is 26.9 Å². The summed E-state index contributed by atoms with van der Waals surface area (Å²) in [5, 5.41) is 0. The van der Waals surface area contributed by atoms with Gasteiger partial charge in [0.1, 0.15) is 5.75 Å². The zero-order valence-corrected chi connectivity index (χ0v) is 17.0. The Bertz CT molecular complexity index is 877. The average Bonchev–Trinajstić information content (AvgIpc) is 2.71. The fourth-order valence-electron chi connectivity index (χ4n) is 2.46. The van der Waals surface area contributed by atoms with E-state index >= 15 is 0 Å². The smallest absolute Gasteiger partial charge is 0.269 e. The van der Waals surface area contributed by atoms with Gasteiger partial charge in [-0.15, -0.1) is 0 Å². The maximum absolute atomic E-state index is 12.3. The highest BCUT2D eigenvalue weighted by atomic mass is 16.5. The van der Waals surface area contributed by atoms with Crippen LogP contribution in [0, 0.1) is 0 Å². The zero-order chi connectivity index (χ0) is 21.2. The number of methoxy groups -OCH3 is 1. The molecule has 2 aromatic rings. The van der Waals surface area contributed by atoms with E-state index in [9.17, 15) is 9.59 Å². The molecule has 2 rings (SSSR count). The quantitative estimate of drug-likeness (QED) is 0.526. The van der Waals surface area contributed by atoms with Crippen LogP contribution in [0.25, 0.3) is 6.08 Å². The molecule has 0 spiro atoms. The normalized spacial score (nSPS) is 10.7. The van der Waals surface area contributed by atoms with Gasteiger partial charge < -0.3 is 14.2 Å². The summed E-state index contributed by atoms with van der Waals surface area (Å²) in [5.74, 6) is 0.704. The molecule has 0 aliphatic rings. The summed E-state index contributed by atoms with van der Waals surface area (Å²) >= 11 is 0. The predicted octanol–water partition coefficient (Wildman–Crippen LogP) is 3.36. The summed E-state index contributed by atoms with van der Waals surface area (Å²) in [6.45, 7) is 6.21. The van der Waals surface area contributed by atoms with E-state index in [1.807, 2.05) is 45.0 Å². The highest BCUT2D eigenvalue weighted by Gasteiger charge is 2.12. The summed E-state index contributed by atoms with van der Waals surface area (Å²) in [6.07, 6.45) is 2.91. The Morgan fingerprint density at radius 2 is 1.79 bits per heavy atom. The molecule has 154 valence electrons. The average molecular weight is 398 g/mol. The molecule has 2 aromatic carbocycles. The summed E-state index contributed by atoms with van der Waals surface area (Å²) in [4.78, 5) is 24.3. The second-order valence-corrected chi connectivity index (χ2v) is 6.28. The number of ether oxygens (including phenoxy) is 3. The number of hydrogen-bond acceptors (Lipinski definition) is 5. The first kappa shape index (κ1) is 21.8. The van der Waals surface area contributed by atoms with Gasteiger partial charge in [-0.25, -0.2) is 0 Å². The third-order valence-electron chi connectivity index (χ3n) is 3.72. The Hall–Kier alpha value is -3.48. The maximum atomic E-state index is 12.3. The van der Waals surface area contributed by atoms with E-state index in [1.165, 1.54) is 13.2 Å². The van der Waals surface area contributed by atoms with Gasteiger partial charge in [0, 0.05) is 17.2 Å². The molecule has 7 heteroatoms. The lowest BCUT2D eigenvalue weighted by molar-refractivity contribution is -0.117. The van der Waals surface area contributed by atoms with Gasteiger partial charge in [0.25, 0.3) is 11.8 Å². The van der Waals surface area contributed by atoms with Crippen LogP contribution in [0.3, 0.4) is 0 Å². The third-order valence-corrected chi connectivity index (χ3v) is 3.72. The molecule has 0 aromatic heterocycles. The van der Waals surface area contributed by atoms with Crippen LogP contribution in [0.5, 0.6) is 17.2 Å². The Labute approximate surface area is 170 Å². The predicted molar refractivity (Wildman–Crippen MR) is 111 cm³/mol. The molecule has 0 aliphatic carbocycles. The van der Waals surface area contributed by atoms with E-state index in [1.54, 1.807) is 24.3 Å². The van der Waals surface area contributed by atoms with Gasteiger partial charge in [-0.1, -0.05) is 18.2 Å². The van der Waals surface area contributed by atoms with Crippen LogP contribution in [-0.4, -0.2) is 31.6 Å². The van der Waals surface area contributed by atoms with Crippen LogP contribution in [0.4, 0.5) is 0 Å². The lowest BCUT2D eigenvalue weighted by Crippen LogP contribution is -2.40. The number of amides is 2. The van der Waals surface area contributed by atoms with Gasteiger partial charge in [0.15, 0.2) is 11.5 Å². The van der Waals surface area contributed by atoms with Crippen molar-refractivity contribution in [1.82, 2.24) is 10.9 Å². The highest BCUT2D eigenvalue weighted by Crippen LogP contribution is 2.28. The van der Waals surface area contributed by atoms with Crippen molar-refractivity contribution in [3.63, 3.8) is 0 Å². The fourth-order valence-corrected chi connectivity index (χ4v) is 2.46. The van der Waals surface area contributed by atoms with Crippen LogP contribution in [-0.2, 0) is 4.79 Å². The number of hydrazine groups is 1. The maximum Gasteiger partial charge on any atom is 0.269 e. The van der Waals surface area contributed by atoms with E-state index in [2.05, 4.69) is 10.9 Å². The molecule has 0 radical (unpaired) electrons. The van der Waals surface area contributed by atoms with Crippen molar-refractivity contribution >= 4 is 17.9 Å². The lowest BCUT2D eigenvalue weighted by atomic mass is 10.2. The Balaban J connectivity index is 1.97. The number of benzene rings is 2. The number of rotatable bonds is 8. The summed E-state index contributed by atoms with van der Waals surface area (Å²) in [5.41, 5.74) is 5.81. The van der Waals surface area contributed by atoms with Crippen molar-refractivity contribution < 1.29 is 23.8 Å². The number of para-hydroxylation sites is 1. The molecule has 0 unspecified atom stereocenters. The molecule has 29 heavy (non-hydrogen) atoms. The van der Waals surface area contributed by atoms with Crippen molar-refractivity contribution in [3.8, 4) is 17.2 Å². The second-order valence-electron chi connectivity index (χ2n) is 6.28. The molecule has 0 bridgehead atoms. The molecular formula is C22H26N2O5. The third kappa shape index (κ3) is 6.57. The van der Waals surface area contributed by atoms with E-state index in [4.69, 9.17) is 14.2 Å². The second kappa shape index (κ2) is 10.8. The molecule has 0 atom stereocenters. The fraction of sp³-hybridized carbons (Fsp3) is 0.273. The van der Waals surface area contributed by atoms with Crippen LogP contribution in [0.1, 0.15) is 36.7 Å². The number of hydrogen-bond donors (Lipinski definition) is 2. The monoisotopic (exact) mass is 398 g/mol. The van der Waals surface area contributed by atoms with Crippen LogP contribution >= 0.6 is 0 Å². The number of nitrogens with one attached hydrogen (secondary N) is 2. The minimum Gasteiger partial charge on any atom is -0.493 e. The minimum absolute atomic E-state index is 0.0255. The Kier molecular flexibility index (Phi) is 8.09. The molecule has 7 nitrogen and oxygen atoms in total. The van der Waals surface area contributed by atoms with Gasteiger partial charge in [-0.05, 0) is 51.1 Å². The number of carbonyl (C=O) groups excluding carboxylic acids is 2. The summed E-state index contributed by atoms with van der Waals surface area (Å²) < 4.78 is 16.4. The first-order chi connectivity index (χ1) is 13.9. The van der Waals surface area contributed by atoms with Gasteiger partial charge in [0.2, 0.25) is 0 Å². The van der Waals surface area contributed by atoms with Crippen molar-refractivity contribution in [3.05, 3.63) is 59.7 Å². The molecule has 0 fully saturated rings.